The summed E-state index contributed by atoms with van der Waals surface area (Å²) in [5, 5.41) is 18.0. The summed E-state index contributed by atoms with van der Waals surface area (Å²) in [5.74, 6) is -0.916. The maximum Gasteiger partial charge on any atom is 0.303 e. The molecule has 1 saturated carbocycles. The van der Waals surface area contributed by atoms with Crippen molar-refractivity contribution < 1.29 is 19.8 Å². The molecular formula is C14H17NO4. The van der Waals surface area contributed by atoms with Gasteiger partial charge in [-0.15, -0.1) is 0 Å². The number of benzene rings is 1. The molecule has 1 aliphatic carbocycles. The summed E-state index contributed by atoms with van der Waals surface area (Å²) in [6.07, 6.45) is 1.84. The van der Waals surface area contributed by atoms with Gasteiger partial charge in [-0.25, -0.2) is 0 Å². The first-order valence-corrected chi connectivity index (χ1v) is 6.35. The molecular weight excluding hydrogens is 246 g/mol. The fraction of sp³-hybridized carbons (Fsp3) is 0.429. The zero-order chi connectivity index (χ0) is 13.8. The molecule has 1 aromatic rings. The molecule has 2 N–H and O–H groups in total. The summed E-state index contributed by atoms with van der Waals surface area (Å²) < 4.78 is 0. The van der Waals surface area contributed by atoms with E-state index in [0.717, 1.165) is 18.4 Å². The van der Waals surface area contributed by atoms with E-state index in [0.29, 0.717) is 6.54 Å². The van der Waals surface area contributed by atoms with Crippen LogP contribution in [0.2, 0.25) is 0 Å². The zero-order valence-corrected chi connectivity index (χ0v) is 10.6. The maximum atomic E-state index is 12.0. The molecule has 5 heteroatoms. The van der Waals surface area contributed by atoms with Crippen molar-refractivity contribution in [2.45, 2.75) is 38.3 Å². The van der Waals surface area contributed by atoms with E-state index < -0.39 is 5.97 Å². The fourth-order valence-corrected chi connectivity index (χ4v) is 2.02. The lowest BCUT2D eigenvalue weighted by atomic mass is 10.2. The van der Waals surface area contributed by atoms with E-state index in [1.807, 2.05) is 6.07 Å². The molecule has 0 radical (unpaired) electrons. The van der Waals surface area contributed by atoms with Crippen molar-refractivity contribution in [2.24, 2.45) is 0 Å². The normalized spacial score (nSPS) is 14.1. The smallest absolute Gasteiger partial charge is 0.303 e. The van der Waals surface area contributed by atoms with Gasteiger partial charge in [-0.2, -0.15) is 0 Å². The molecule has 5 nitrogen and oxygen atoms in total. The molecule has 1 aliphatic rings. The first-order valence-electron chi connectivity index (χ1n) is 6.35. The molecule has 0 aromatic heterocycles. The summed E-state index contributed by atoms with van der Waals surface area (Å²) in [6.45, 7) is 0.428. The highest BCUT2D eigenvalue weighted by molar-refractivity contribution is 5.81. The Morgan fingerprint density at radius 3 is 2.58 bits per heavy atom. The minimum atomic E-state index is -0.957. The Hall–Kier alpha value is -2.04. The van der Waals surface area contributed by atoms with Crippen LogP contribution in [0.1, 0.15) is 31.2 Å². The molecule has 1 fully saturated rings. The lowest BCUT2D eigenvalue weighted by Crippen LogP contribution is -2.32. The first-order chi connectivity index (χ1) is 9.06. The van der Waals surface area contributed by atoms with Gasteiger partial charge in [0.15, 0.2) is 0 Å². The number of phenolic OH excluding ortho intramolecular Hbond substituents is 1. The molecule has 0 saturated heterocycles. The van der Waals surface area contributed by atoms with Crippen LogP contribution in [0, 0.1) is 0 Å². The topological polar surface area (TPSA) is 77.8 Å². The summed E-state index contributed by atoms with van der Waals surface area (Å²) in [7, 11) is 0. The third-order valence-corrected chi connectivity index (χ3v) is 3.12. The van der Waals surface area contributed by atoms with E-state index in [1.54, 1.807) is 23.1 Å². The zero-order valence-electron chi connectivity index (χ0n) is 10.6. The van der Waals surface area contributed by atoms with Crippen LogP contribution in [0.5, 0.6) is 5.75 Å². The number of rotatable bonds is 6. The van der Waals surface area contributed by atoms with Gasteiger partial charge >= 0.3 is 5.97 Å². The maximum absolute atomic E-state index is 12.0. The quantitative estimate of drug-likeness (QED) is 0.819. The van der Waals surface area contributed by atoms with E-state index in [9.17, 15) is 14.7 Å². The van der Waals surface area contributed by atoms with Gasteiger partial charge < -0.3 is 15.1 Å². The van der Waals surface area contributed by atoms with Crippen LogP contribution in [-0.2, 0) is 16.1 Å². The third kappa shape index (κ3) is 3.98. The van der Waals surface area contributed by atoms with Gasteiger partial charge in [-0.05, 0) is 30.5 Å². The number of hydrogen-bond acceptors (Lipinski definition) is 3. The van der Waals surface area contributed by atoms with Gasteiger partial charge in [-0.1, -0.05) is 12.1 Å². The molecule has 0 bridgehead atoms. The van der Waals surface area contributed by atoms with E-state index in [-0.39, 0.29) is 30.5 Å². The highest BCUT2D eigenvalue weighted by atomic mass is 16.4. The highest BCUT2D eigenvalue weighted by Gasteiger charge is 2.32. The van der Waals surface area contributed by atoms with Crippen LogP contribution >= 0.6 is 0 Å². The molecule has 19 heavy (non-hydrogen) atoms. The fourth-order valence-electron chi connectivity index (χ4n) is 2.02. The van der Waals surface area contributed by atoms with Crippen LogP contribution in [0.25, 0.3) is 0 Å². The first kappa shape index (κ1) is 13.4. The number of aliphatic carboxylic acids is 1. The van der Waals surface area contributed by atoms with Crippen LogP contribution in [-0.4, -0.2) is 33.0 Å². The minimum Gasteiger partial charge on any atom is -0.508 e. The van der Waals surface area contributed by atoms with Crippen LogP contribution in [0.15, 0.2) is 24.3 Å². The number of carbonyl (C=O) groups excluding carboxylic acids is 1. The lowest BCUT2D eigenvalue weighted by molar-refractivity contribution is -0.141. The molecule has 0 heterocycles. The number of carboxylic acid groups (broad SMARTS) is 1. The van der Waals surface area contributed by atoms with E-state index in [4.69, 9.17) is 5.11 Å². The highest BCUT2D eigenvalue weighted by Crippen LogP contribution is 2.29. The number of aromatic hydroxyl groups is 1. The van der Waals surface area contributed by atoms with Crippen LogP contribution in [0.4, 0.5) is 0 Å². The Balaban J connectivity index is 2.00. The second-order valence-corrected chi connectivity index (χ2v) is 4.82. The largest absolute Gasteiger partial charge is 0.508 e. The second kappa shape index (κ2) is 5.73. The number of phenols is 1. The molecule has 1 amide bonds. The standard InChI is InChI=1S/C14H17NO4/c16-12-3-1-2-10(8-12)9-15(11-4-5-11)13(17)6-7-14(18)19/h1-3,8,11,16H,4-7,9H2,(H,18,19). The van der Waals surface area contributed by atoms with Gasteiger partial charge in [-0.3, -0.25) is 9.59 Å². The predicted octanol–water partition coefficient (Wildman–Crippen LogP) is 1.75. The van der Waals surface area contributed by atoms with Gasteiger partial charge in [0.2, 0.25) is 5.91 Å². The number of carbonyl (C=O) groups is 2. The SMILES string of the molecule is O=C(O)CCC(=O)N(Cc1cccc(O)c1)C1CC1. The number of hydrogen-bond donors (Lipinski definition) is 2. The van der Waals surface area contributed by atoms with Crippen molar-refractivity contribution in [2.75, 3.05) is 0 Å². The van der Waals surface area contributed by atoms with Crippen LogP contribution in [0.3, 0.4) is 0 Å². The Bertz CT molecular complexity index is 482. The van der Waals surface area contributed by atoms with Crippen LogP contribution < -0.4 is 0 Å². The van der Waals surface area contributed by atoms with Crippen molar-refractivity contribution >= 4 is 11.9 Å². The monoisotopic (exact) mass is 263 g/mol. The Labute approximate surface area is 111 Å². The summed E-state index contributed by atoms with van der Waals surface area (Å²) in [6, 6.07) is 7.01. The second-order valence-electron chi connectivity index (χ2n) is 4.82. The predicted molar refractivity (Wildman–Crippen MR) is 68.5 cm³/mol. The molecule has 0 unspecified atom stereocenters. The van der Waals surface area contributed by atoms with Gasteiger partial charge in [0.1, 0.15) is 5.75 Å². The van der Waals surface area contributed by atoms with Crippen molar-refractivity contribution in [1.29, 1.82) is 0 Å². The van der Waals surface area contributed by atoms with Crippen molar-refractivity contribution in [3.8, 4) is 5.75 Å². The number of carboxylic acids is 1. The summed E-state index contributed by atoms with van der Waals surface area (Å²) >= 11 is 0. The minimum absolute atomic E-state index is 0.0324. The van der Waals surface area contributed by atoms with Crippen molar-refractivity contribution in [3.63, 3.8) is 0 Å². The van der Waals surface area contributed by atoms with E-state index in [2.05, 4.69) is 0 Å². The molecule has 1 aromatic carbocycles. The summed E-state index contributed by atoms with van der Waals surface area (Å²) in [4.78, 5) is 24.2. The van der Waals surface area contributed by atoms with E-state index in [1.165, 1.54) is 0 Å². The Kier molecular flexibility index (Phi) is 4.04. The molecule has 102 valence electrons. The average molecular weight is 263 g/mol. The number of amides is 1. The molecule has 0 spiro atoms. The van der Waals surface area contributed by atoms with Crippen molar-refractivity contribution in [3.05, 3.63) is 29.8 Å². The lowest BCUT2D eigenvalue weighted by Gasteiger charge is -2.22. The van der Waals surface area contributed by atoms with Gasteiger partial charge in [0, 0.05) is 19.0 Å². The van der Waals surface area contributed by atoms with Gasteiger partial charge in [0.25, 0.3) is 0 Å². The number of nitrogens with zero attached hydrogens (tertiary/aromatic N) is 1. The molecule has 2 rings (SSSR count). The Morgan fingerprint density at radius 2 is 2.00 bits per heavy atom. The van der Waals surface area contributed by atoms with Crippen molar-refractivity contribution in [1.82, 2.24) is 4.90 Å². The molecule has 0 atom stereocenters. The average Bonchev–Trinajstić information content (AvgIpc) is 3.17. The Morgan fingerprint density at radius 1 is 1.26 bits per heavy atom. The van der Waals surface area contributed by atoms with E-state index >= 15 is 0 Å². The third-order valence-electron chi connectivity index (χ3n) is 3.12. The summed E-state index contributed by atoms with van der Waals surface area (Å²) in [5.41, 5.74) is 0.857. The molecule has 0 aliphatic heterocycles. The van der Waals surface area contributed by atoms with Gasteiger partial charge in [0.05, 0.1) is 6.42 Å².